The summed E-state index contributed by atoms with van der Waals surface area (Å²) in [6.07, 6.45) is 0. The molecule has 0 fully saturated rings. The van der Waals surface area contributed by atoms with Crippen LogP contribution in [-0.4, -0.2) is 34.9 Å². The molecule has 0 saturated heterocycles. The number of nitrogens with zero attached hydrogens (tertiary/aromatic N) is 3. The molecule has 1 rings (SSSR count). The van der Waals surface area contributed by atoms with Gasteiger partial charge >= 0.3 is 0 Å². The summed E-state index contributed by atoms with van der Waals surface area (Å²) in [5.74, 6) is 0. The maximum atomic E-state index is 9.08. The number of aliphatic hydroxyl groups excluding tert-OH is 1. The molecule has 0 amide bonds. The third-order valence-electron chi connectivity index (χ3n) is 2.14. The van der Waals surface area contributed by atoms with Gasteiger partial charge < -0.3 is 9.94 Å². The number of aryl methyl sites for hydroxylation is 1. The van der Waals surface area contributed by atoms with Crippen LogP contribution in [0.3, 0.4) is 0 Å². The average molecular weight is 229 g/mol. The first-order chi connectivity index (χ1) is 6.94. The van der Waals surface area contributed by atoms with Gasteiger partial charge in [-0.2, -0.15) is 0 Å². The van der Waals surface area contributed by atoms with E-state index in [4.69, 9.17) is 9.94 Å². The fourth-order valence-corrected chi connectivity index (χ4v) is 1.78. The fraction of sp³-hybridized carbons (Fsp3) is 0.778. The van der Waals surface area contributed by atoms with Crippen LogP contribution in [0.25, 0.3) is 0 Å². The maximum Gasteiger partial charge on any atom is 0.129 e. The highest BCUT2D eigenvalue weighted by Gasteiger charge is 2.14. The Hall–Kier alpha value is -0.883. The van der Waals surface area contributed by atoms with Crippen molar-refractivity contribution in [3.05, 3.63) is 11.4 Å². The van der Waals surface area contributed by atoms with Crippen LogP contribution in [0.5, 0.6) is 0 Å². The van der Waals surface area contributed by atoms with Gasteiger partial charge in [-0.05, 0) is 18.2 Å². The monoisotopic (exact) mass is 229 g/mol. The summed E-state index contributed by atoms with van der Waals surface area (Å²) in [6, 6.07) is 1.07. The van der Waals surface area contributed by atoms with E-state index in [-0.39, 0.29) is 6.61 Å². The molecule has 0 bridgehead atoms. The molecule has 1 aromatic heterocycles. The molecule has 0 saturated carbocycles. The van der Waals surface area contributed by atoms with E-state index in [0.717, 1.165) is 6.04 Å². The molecule has 0 radical (unpaired) electrons. The molecule has 0 unspecified atom stereocenters. The van der Waals surface area contributed by atoms with Gasteiger partial charge in [-0.15, -0.1) is 5.10 Å². The van der Waals surface area contributed by atoms with Crippen molar-refractivity contribution >= 4 is 8.07 Å². The Morgan fingerprint density at radius 1 is 1.40 bits per heavy atom. The van der Waals surface area contributed by atoms with Crippen molar-refractivity contribution < 1.29 is 9.94 Å². The van der Waals surface area contributed by atoms with E-state index in [2.05, 4.69) is 30.0 Å². The predicted octanol–water partition coefficient (Wildman–Crippen LogP) is 0.846. The highest BCUT2D eigenvalue weighted by Crippen LogP contribution is 2.07. The lowest BCUT2D eigenvalue weighted by molar-refractivity contribution is 0.0719. The number of aromatic nitrogens is 3. The van der Waals surface area contributed by atoms with Crippen molar-refractivity contribution in [2.45, 2.75) is 39.2 Å². The number of hydrogen-bond acceptors (Lipinski definition) is 4. The van der Waals surface area contributed by atoms with E-state index in [1.54, 1.807) is 6.92 Å². The first-order valence-corrected chi connectivity index (χ1v) is 8.80. The maximum absolute atomic E-state index is 9.08. The molecule has 0 aliphatic rings. The molecule has 1 N–H and O–H groups in total. The summed E-state index contributed by atoms with van der Waals surface area (Å²) in [6.45, 7) is 9.20. The Balaban J connectivity index is 2.51. The lowest BCUT2D eigenvalue weighted by Gasteiger charge is -2.15. The first-order valence-electron chi connectivity index (χ1n) is 5.09. The zero-order valence-corrected chi connectivity index (χ0v) is 10.8. The second-order valence-electron chi connectivity index (χ2n) is 4.80. The Kier molecular flexibility index (Phi) is 3.87. The molecule has 0 spiro atoms. The average Bonchev–Trinajstić information content (AvgIpc) is 2.44. The second kappa shape index (κ2) is 4.76. The highest BCUT2D eigenvalue weighted by molar-refractivity contribution is 6.76. The second-order valence-corrected chi connectivity index (χ2v) is 10.4. The lowest BCUT2D eigenvalue weighted by atomic mass is 10.4. The molecule has 5 nitrogen and oxygen atoms in total. The number of hydrogen-bond donors (Lipinski definition) is 1. The molecular formula is C9H19N3O2Si. The summed E-state index contributed by atoms with van der Waals surface area (Å²) in [5, 5.41) is 16.7. The van der Waals surface area contributed by atoms with Crippen molar-refractivity contribution in [2.75, 3.05) is 6.61 Å². The summed E-state index contributed by atoms with van der Waals surface area (Å²) in [5.41, 5.74) is 1.34. The topological polar surface area (TPSA) is 60.2 Å². The van der Waals surface area contributed by atoms with Crippen LogP contribution in [0.15, 0.2) is 0 Å². The van der Waals surface area contributed by atoms with Gasteiger partial charge in [-0.1, -0.05) is 24.5 Å². The number of rotatable bonds is 5. The van der Waals surface area contributed by atoms with Gasteiger partial charge in [0.05, 0.1) is 12.3 Å². The van der Waals surface area contributed by atoms with Crippen LogP contribution in [0.1, 0.15) is 11.4 Å². The Morgan fingerprint density at radius 2 is 2.07 bits per heavy atom. The molecule has 6 heteroatoms. The standard InChI is InChI=1S/C9H19N3O2Si/c1-8-9(7-13)12(11-10-8)14-5-6-15(2,3)4/h13H,5-7H2,1-4H3. The highest BCUT2D eigenvalue weighted by atomic mass is 28.3. The van der Waals surface area contributed by atoms with Crippen LogP contribution < -0.4 is 4.84 Å². The van der Waals surface area contributed by atoms with Crippen molar-refractivity contribution in [1.29, 1.82) is 0 Å². The van der Waals surface area contributed by atoms with Crippen LogP contribution in [0.2, 0.25) is 25.7 Å². The first kappa shape index (κ1) is 12.2. The molecular weight excluding hydrogens is 210 g/mol. The molecule has 0 aliphatic carbocycles. The SMILES string of the molecule is Cc1nnn(OCC[Si](C)(C)C)c1CO. The quantitative estimate of drug-likeness (QED) is 0.760. The van der Waals surface area contributed by atoms with Gasteiger partial charge in [0.1, 0.15) is 12.3 Å². The molecule has 86 valence electrons. The smallest absolute Gasteiger partial charge is 0.129 e. The third kappa shape index (κ3) is 3.64. The van der Waals surface area contributed by atoms with Crippen LogP contribution in [0, 0.1) is 6.92 Å². The summed E-state index contributed by atoms with van der Waals surface area (Å²) in [7, 11) is -1.08. The zero-order chi connectivity index (χ0) is 11.5. The van der Waals surface area contributed by atoms with Crippen LogP contribution in [-0.2, 0) is 6.61 Å². The van der Waals surface area contributed by atoms with E-state index in [0.29, 0.717) is 18.0 Å². The Morgan fingerprint density at radius 3 is 2.60 bits per heavy atom. The lowest BCUT2D eigenvalue weighted by Crippen LogP contribution is -2.26. The minimum absolute atomic E-state index is 0.0915. The summed E-state index contributed by atoms with van der Waals surface area (Å²) < 4.78 is 0. The molecule has 0 aromatic carbocycles. The fourth-order valence-electron chi connectivity index (χ4n) is 1.07. The van der Waals surface area contributed by atoms with E-state index in [1.807, 2.05) is 0 Å². The van der Waals surface area contributed by atoms with Gasteiger partial charge in [0, 0.05) is 8.07 Å². The minimum Gasteiger partial charge on any atom is -0.395 e. The van der Waals surface area contributed by atoms with E-state index in [9.17, 15) is 0 Å². The number of aliphatic hydroxyl groups is 1. The van der Waals surface area contributed by atoms with Crippen molar-refractivity contribution in [3.8, 4) is 0 Å². The zero-order valence-electron chi connectivity index (χ0n) is 9.82. The van der Waals surface area contributed by atoms with E-state index >= 15 is 0 Å². The Bertz CT molecular complexity index is 320. The van der Waals surface area contributed by atoms with E-state index in [1.165, 1.54) is 4.85 Å². The molecule has 15 heavy (non-hydrogen) atoms. The van der Waals surface area contributed by atoms with Crippen LogP contribution in [0.4, 0.5) is 0 Å². The van der Waals surface area contributed by atoms with E-state index < -0.39 is 8.07 Å². The van der Waals surface area contributed by atoms with Gasteiger partial charge in [0.25, 0.3) is 0 Å². The molecule has 0 aliphatic heterocycles. The summed E-state index contributed by atoms with van der Waals surface area (Å²) >= 11 is 0. The predicted molar refractivity (Wildman–Crippen MR) is 60.3 cm³/mol. The molecule has 0 atom stereocenters. The normalized spacial score (nSPS) is 11.8. The third-order valence-corrected chi connectivity index (χ3v) is 3.84. The van der Waals surface area contributed by atoms with Gasteiger partial charge in [0.2, 0.25) is 0 Å². The van der Waals surface area contributed by atoms with Gasteiger partial charge in [-0.25, -0.2) is 0 Å². The van der Waals surface area contributed by atoms with Crippen molar-refractivity contribution in [2.24, 2.45) is 0 Å². The van der Waals surface area contributed by atoms with Crippen molar-refractivity contribution in [1.82, 2.24) is 15.2 Å². The Labute approximate surface area is 91.0 Å². The molecule has 1 aromatic rings. The summed E-state index contributed by atoms with van der Waals surface area (Å²) in [4.78, 5) is 6.77. The van der Waals surface area contributed by atoms with Gasteiger partial charge in [-0.3, -0.25) is 0 Å². The van der Waals surface area contributed by atoms with Crippen LogP contribution >= 0.6 is 0 Å². The van der Waals surface area contributed by atoms with Crippen molar-refractivity contribution in [3.63, 3.8) is 0 Å². The van der Waals surface area contributed by atoms with Gasteiger partial charge in [0.15, 0.2) is 0 Å². The molecule has 1 heterocycles. The minimum atomic E-state index is -1.08. The largest absolute Gasteiger partial charge is 0.395 e.